The van der Waals surface area contributed by atoms with Gasteiger partial charge in [-0.3, -0.25) is 9.59 Å². The average molecular weight is 343 g/mol. The van der Waals surface area contributed by atoms with Gasteiger partial charge in [0.25, 0.3) is 11.8 Å². The van der Waals surface area contributed by atoms with Gasteiger partial charge in [-0.25, -0.2) is 9.69 Å². The van der Waals surface area contributed by atoms with Crippen molar-refractivity contribution in [1.29, 1.82) is 0 Å². The lowest BCUT2D eigenvalue weighted by Gasteiger charge is -2.14. The average Bonchev–Trinajstić information content (AvgIpc) is 3.00. The summed E-state index contributed by atoms with van der Waals surface area (Å²) in [7, 11) is 0. The maximum absolute atomic E-state index is 12.5. The highest BCUT2D eigenvalue weighted by Crippen LogP contribution is 2.24. The minimum atomic E-state index is -0.468. The number of fused-ring (bicyclic) bond motifs is 1. The summed E-state index contributed by atoms with van der Waals surface area (Å²) in [6.07, 6.45) is 2.44. The van der Waals surface area contributed by atoms with Crippen LogP contribution in [0.1, 0.15) is 10.4 Å². The van der Waals surface area contributed by atoms with Crippen LogP contribution in [-0.2, 0) is 9.59 Å². The van der Waals surface area contributed by atoms with E-state index in [2.05, 4.69) is 0 Å². The number of nitrogens with zero attached hydrogens (tertiary/aromatic N) is 1. The highest BCUT2D eigenvalue weighted by Gasteiger charge is 2.25. The van der Waals surface area contributed by atoms with Crippen molar-refractivity contribution in [3.05, 3.63) is 84.4 Å². The van der Waals surface area contributed by atoms with Crippen LogP contribution in [0.2, 0.25) is 0 Å². The number of esters is 1. The Bertz CT molecular complexity index is 1040. The van der Waals surface area contributed by atoms with Gasteiger partial charge in [0, 0.05) is 12.2 Å². The first-order chi connectivity index (χ1) is 12.6. The molecule has 0 radical (unpaired) electrons. The Hall–Kier alpha value is -3.73. The van der Waals surface area contributed by atoms with E-state index in [1.165, 1.54) is 12.2 Å². The molecule has 4 rings (SSSR count). The van der Waals surface area contributed by atoms with E-state index in [9.17, 15) is 14.4 Å². The first-order valence-electron chi connectivity index (χ1n) is 7.99. The van der Waals surface area contributed by atoms with Crippen molar-refractivity contribution in [2.24, 2.45) is 0 Å². The van der Waals surface area contributed by atoms with Gasteiger partial charge in [0.15, 0.2) is 0 Å². The van der Waals surface area contributed by atoms with E-state index in [1.54, 1.807) is 36.4 Å². The number of ether oxygens (including phenoxy) is 1. The molecule has 5 nitrogen and oxygen atoms in total. The number of amides is 2. The lowest BCUT2D eigenvalue weighted by molar-refractivity contribution is -0.119. The van der Waals surface area contributed by atoms with Crippen molar-refractivity contribution in [3.63, 3.8) is 0 Å². The lowest BCUT2D eigenvalue weighted by atomic mass is 10.0. The summed E-state index contributed by atoms with van der Waals surface area (Å²) in [5.74, 6) is -0.922. The molecule has 3 aromatic carbocycles. The largest absolute Gasteiger partial charge is 0.423 e. The van der Waals surface area contributed by atoms with Gasteiger partial charge in [-0.2, -0.15) is 0 Å². The molecule has 26 heavy (non-hydrogen) atoms. The van der Waals surface area contributed by atoms with Gasteiger partial charge in [0.2, 0.25) is 0 Å². The van der Waals surface area contributed by atoms with Crippen LogP contribution in [-0.4, -0.2) is 17.8 Å². The van der Waals surface area contributed by atoms with Crippen molar-refractivity contribution < 1.29 is 19.1 Å². The molecule has 0 fully saturated rings. The smallest absolute Gasteiger partial charge is 0.344 e. The number of benzene rings is 3. The third-order valence-corrected chi connectivity index (χ3v) is 4.12. The number of carbonyl (C=O) groups is 3. The topological polar surface area (TPSA) is 63.7 Å². The van der Waals surface area contributed by atoms with Crippen LogP contribution in [0.3, 0.4) is 0 Å². The Morgan fingerprint density at radius 1 is 0.769 bits per heavy atom. The van der Waals surface area contributed by atoms with Crippen LogP contribution < -0.4 is 9.64 Å². The highest BCUT2D eigenvalue weighted by molar-refractivity contribution is 6.28. The van der Waals surface area contributed by atoms with Crippen LogP contribution in [0.4, 0.5) is 5.69 Å². The van der Waals surface area contributed by atoms with Crippen LogP contribution in [0.25, 0.3) is 10.8 Å². The summed E-state index contributed by atoms with van der Waals surface area (Å²) in [4.78, 5) is 37.0. The number of rotatable bonds is 3. The second-order valence-corrected chi connectivity index (χ2v) is 5.76. The molecule has 0 aliphatic carbocycles. The summed E-state index contributed by atoms with van der Waals surface area (Å²) in [5.41, 5.74) is 0.899. The molecule has 0 atom stereocenters. The number of anilines is 1. The molecule has 3 aromatic rings. The second kappa shape index (κ2) is 6.29. The zero-order valence-electron chi connectivity index (χ0n) is 13.6. The SMILES string of the molecule is O=C(Oc1ccc(N2C(=O)C=CC2=O)cc1)c1cccc2ccccc12. The number of hydrogen-bond acceptors (Lipinski definition) is 4. The maximum Gasteiger partial charge on any atom is 0.344 e. The molecule has 0 spiro atoms. The predicted octanol–water partition coefficient (Wildman–Crippen LogP) is 3.49. The molecule has 0 N–H and O–H groups in total. The normalized spacial score (nSPS) is 13.5. The standard InChI is InChI=1S/C21H13NO4/c23-19-12-13-20(24)22(19)15-8-10-16(11-9-15)26-21(25)18-7-3-5-14-4-1-2-6-17(14)18/h1-13H. The summed E-state index contributed by atoms with van der Waals surface area (Å²) >= 11 is 0. The van der Waals surface area contributed by atoms with Gasteiger partial charge in [0.1, 0.15) is 5.75 Å². The molecule has 0 saturated carbocycles. The van der Waals surface area contributed by atoms with Gasteiger partial charge in [-0.15, -0.1) is 0 Å². The van der Waals surface area contributed by atoms with Gasteiger partial charge >= 0.3 is 5.97 Å². The van der Waals surface area contributed by atoms with Crippen LogP contribution in [0.5, 0.6) is 5.75 Å². The molecule has 1 aliphatic heterocycles. The van der Waals surface area contributed by atoms with Crippen molar-refractivity contribution in [2.45, 2.75) is 0 Å². The minimum absolute atomic E-state index is 0.332. The van der Waals surface area contributed by atoms with E-state index in [1.807, 2.05) is 30.3 Å². The minimum Gasteiger partial charge on any atom is -0.423 e. The molecule has 2 amide bonds. The summed E-state index contributed by atoms with van der Waals surface area (Å²) in [5, 5.41) is 1.77. The quantitative estimate of drug-likeness (QED) is 0.415. The van der Waals surface area contributed by atoms with Crippen LogP contribution >= 0.6 is 0 Å². The van der Waals surface area contributed by atoms with Gasteiger partial charge < -0.3 is 4.74 Å². The Morgan fingerprint density at radius 3 is 2.15 bits per heavy atom. The molecule has 0 aromatic heterocycles. The Kier molecular flexibility index (Phi) is 3.82. The van der Waals surface area contributed by atoms with E-state index in [0.717, 1.165) is 15.7 Å². The van der Waals surface area contributed by atoms with E-state index in [-0.39, 0.29) is 0 Å². The predicted molar refractivity (Wildman–Crippen MR) is 97.0 cm³/mol. The van der Waals surface area contributed by atoms with Crippen molar-refractivity contribution >= 4 is 34.2 Å². The van der Waals surface area contributed by atoms with E-state index >= 15 is 0 Å². The van der Waals surface area contributed by atoms with Gasteiger partial charge in [-0.05, 0) is 41.1 Å². The fourth-order valence-electron chi connectivity index (χ4n) is 2.88. The second-order valence-electron chi connectivity index (χ2n) is 5.76. The number of imide groups is 1. The molecular formula is C21H13NO4. The zero-order chi connectivity index (χ0) is 18.1. The fraction of sp³-hybridized carbons (Fsp3) is 0. The monoisotopic (exact) mass is 343 g/mol. The number of carbonyl (C=O) groups excluding carboxylic acids is 3. The van der Waals surface area contributed by atoms with E-state index < -0.39 is 17.8 Å². The van der Waals surface area contributed by atoms with Crippen LogP contribution in [0, 0.1) is 0 Å². The summed E-state index contributed by atoms with van der Waals surface area (Å²) in [6, 6.07) is 19.3. The third-order valence-electron chi connectivity index (χ3n) is 4.12. The molecule has 126 valence electrons. The molecule has 0 saturated heterocycles. The first-order valence-corrected chi connectivity index (χ1v) is 7.99. The molecule has 0 unspecified atom stereocenters. The Balaban J connectivity index is 1.57. The Labute approximate surface area is 149 Å². The highest BCUT2D eigenvalue weighted by atomic mass is 16.5. The van der Waals surface area contributed by atoms with Crippen LogP contribution in [0.15, 0.2) is 78.9 Å². The van der Waals surface area contributed by atoms with Gasteiger partial charge in [-0.1, -0.05) is 36.4 Å². The molecule has 1 heterocycles. The molecule has 5 heteroatoms. The van der Waals surface area contributed by atoms with Gasteiger partial charge in [0.05, 0.1) is 11.3 Å². The lowest BCUT2D eigenvalue weighted by Crippen LogP contribution is -2.29. The third kappa shape index (κ3) is 2.75. The van der Waals surface area contributed by atoms with E-state index in [4.69, 9.17) is 4.74 Å². The van der Waals surface area contributed by atoms with Crippen molar-refractivity contribution in [1.82, 2.24) is 0 Å². The summed E-state index contributed by atoms with van der Waals surface area (Å²) in [6.45, 7) is 0. The van der Waals surface area contributed by atoms with Crippen molar-refractivity contribution in [2.75, 3.05) is 4.90 Å². The molecule has 0 bridgehead atoms. The zero-order valence-corrected chi connectivity index (χ0v) is 13.6. The first kappa shape index (κ1) is 15.8. The fourth-order valence-corrected chi connectivity index (χ4v) is 2.88. The van der Waals surface area contributed by atoms with E-state index in [0.29, 0.717) is 17.0 Å². The molecular weight excluding hydrogens is 330 g/mol. The summed E-state index contributed by atoms with van der Waals surface area (Å²) < 4.78 is 5.44. The van der Waals surface area contributed by atoms with Crippen molar-refractivity contribution in [3.8, 4) is 5.75 Å². The Morgan fingerprint density at radius 2 is 1.42 bits per heavy atom. The maximum atomic E-state index is 12.5. The molecule has 1 aliphatic rings. The number of hydrogen-bond donors (Lipinski definition) is 0.